The van der Waals surface area contributed by atoms with Crippen molar-refractivity contribution in [3.63, 3.8) is 0 Å². The van der Waals surface area contributed by atoms with Gasteiger partial charge in [0.15, 0.2) is 0 Å². The normalized spacial score (nSPS) is 23.6. The molecular formula is C17H31N3O. The average molecular weight is 293 g/mol. The summed E-state index contributed by atoms with van der Waals surface area (Å²) in [6.45, 7) is 11.7. The molecule has 0 radical (unpaired) electrons. The van der Waals surface area contributed by atoms with Crippen molar-refractivity contribution in [3.8, 4) is 0 Å². The summed E-state index contributed by atoms with van der Waals surface area (Å²) in [7, 11) is 0. The van der Waals surface area contributed by atoms with E-state index in [4.69, 9.17) is 4.74 Å². The molecule has 3 atom stereocenters. The second-order valence-corrected chi connectivity index (χ2v) is 6.09. The van der Waals surface area contributed by atoms with Gasteiger partial charge in [0, 0.05) is 37.2 Å². The average Bonchev–Trinajstić information content (AvgIpc) is 3.09. The number of nitrogens with one attached hydrogen (secondary N) is 1. The van der Waals surface area contributed by atoms with Crippen LogP contribution in [0.15, 0.2) is 6.07 Å². The zero-order valence-electron chi connectivity index (χ0n) is 14.1. The molecule has 4 nitrogen and oxygen atoms in total. The van der Waals surface area contributed by atoms with Gasteiger partial charge in [-0.05, 0) is 45.7 Å². The first-order chi connectivity index (χ1) is 10.2. The molecule has 0 aromatic carbocycles. The second kappa shape index (κ2) is 7.95. The molecule has 0 amide bonds. The smallest absolute Gasteiger partial charge is 0.0624 e. The molecule has 0 spiro atoms. The molecule has 3 unspecified atom stereocenters. The third kappa shape index (κ3) is 4.07. The molecule has 1 aromatic rings. The zero-order valence-corrected chi connectivity index (χ0v) is 14.1. The zero-order chi connectivity index (χ0) is 15.2. The lowest BCUT2D eigenvalue weighted by Crippen LogP contribution is -2.41. The summed E-state index contributed by atoms with van der Waals surface area (Å²) < 4.78 is 7.95. The van der Waals surface area contributed by atoms with E-state index < -0.39 is 0 Å². The van der Waals surface area contributed by atoms with E-state index in [1.54, 1.807) is 0 Å². The number of rotatable bonds is 8. The quantitative estimate of drug-likeness (QED) is 0.801. The minimum Gasteiger partial charge on any atom is -0.378 e. The van der Waals surface area contributed by atoms with E-state index in [-0.39, 0.29) is 0 Å². The number of aryl methyl sites for hydroxylation is 2. The number of aromatic nitrogens is 2. The Morgan fingerprint density at radius 2 is 2.24 bits per heavy atom. The topological polar surface area (TPSA) is 39.1 Å². The molecule has 1 saturated heterocycles. The predicted molar refractivity (Wildman–Crippen MR) is 86.6 cm³/mol. The monoisotopic (exact) mass is 293 g/mol. The fraction of sp³-hybridized carbons (Fsp3) is 0.824. The lowest BCUT2D eigenvalue weighted by Gasteiger charge is -2.27. The Hall–Kier alpha value is -0.870. The van der Waals surface area contributed by atoms with Crippen LogP contribution in [-0.2, 0) is 24.1 Å². The number of ether oxygens (including phenoxy) is 1. The summed E-state index contributed by atoms with van der Waals surface area (Å²) in [5.41, 5.74) is 2.57. The van der Waals surface area contributed by atoms with E-state index in [9.17, 15) is 0 Å². The highest BCUT2D eigenvalue weighted by molar-refractivity contribution is 5.12. The maximum Gasteiger partial charge on any atom is 0.0624 e. The molecular weight excluding hydrogens is 262 g/mol. The Kier molecular flexibility index (Phi) is 6.24. The molecule has 120 valence electrons. The van der Waals surface area contributed by atoms with E-state index in [0.717, 1.165) is 32.5 Å². The SMILES string of the molecule is CCCNC(Cc1cc(CC)nn1CC)C1CCOC1C. The maximum atomic E-state index is 5.78. The van der Waals surface area contributed by atoms with Crippen LogP contribution in [0, 0.1) is 5.92 Å². The maximum absolute atomic E-state index is 5.78. The Labute approximate surface area is 129 Å². The molecule has 21 heavy (non-hydrogen) atoms. The van der Waals surface area contributed by atoms with Gasteiger partial charge in [0.25, 0.3) is 0 Å². The van der Waals surface area contributed by atoms with Crippen molar-refractivity contribution in [2.75, 3.05) is 13.2 Å². The highest BCUT2D eigenvalue weighted by Gasteiger charge is 2.32. The van der Waals surface area contributed by atoms with Crippen LogP contribution in [-0.4, -0.2) is 35.1 Å². The van der Waals surface area contributed by atoms with E-state index in [2.05, 4.69) is 48.9 Å². The lowest BCUT2D eigenvalue weighted by molar-refractivity contribution is 0.0951. The van der Waals surface area contributed by atoms with Crippen LogP contribution in [0.3, 0.4) is 0 Å². The third-order valence-corrected chi connectivity index (χ3v) is 4.61. The van der Waals surface area contributed by atoms with Gasteiger partial charge in [-0.3, -0.25) is 4.68 Å². The van der Waals surface area contributed by atoms with Crippen molar-refractivity contribution in [3.05, 3.63) is 17.5 Å². The molecule has 1 aromatic heterocycles. The standard InChI is InChI=1S/C17H31N3O/c1-5-9-18-17(16-8-10-21-13(16)4)12-15-11-14(6-2)19-20(15)7-3/h11,13,16-18H,5-10,12H2,1-4H3. The van der Waals surface area contributed by atoms with Gasteiger partial charge in [0.1, 0.15) is 0 Å². The van der Waals surface area contributed by atoms with Crippen LogP contribution >= 0.6 is 0 Å². The van der Waals surface area contributed by atoms with Crippen molar-refractivity contribution < 1.29 is 4.74 Å². The fourth-order valence-corrected chi connectivity index (χ4v) is 3.33. The van der Waals surface area contributed by atoms with Crippen molar-refractivity contribution in [2.45, 2.75) is 72.1 Å². The Balaban J connectivity index is 2.11. The summed E-state index contributed by atoms with van der Waals surface area (Å²) in [6, 6.07) is 2.78. The Bertz CT molecular complexity index is 430. The molecule has 0 aliphatic carbocycles. The van der Waals surface area contributed by atoms with E-state index >= 15 is 0 Å². The summed E-state index contributed by atoms with van der Waals surface area (Å²) in [5.74, 6) is 0.613. The highest BCUT2D eigenvalue weighted by Crippen LogP contribution is 2.26. The van der Waals surface area contributed by atoms with Crippen molar-refractivity contribution >= 4 is 0 Å². The summed E-state index contributed by atoms with van der Waals surface area (Å²) in [6.07, 6.45) is 4.77. The molecule has 1 N–H and O–H groups in total. The minimum atomic E-state index is 0.364. The fourth-order valence-electron chi connectivity index (χ4n) is 3.33. The van der Waals surface area contributed by atoms with E-state index in [0.29, 0.717) is 18.1 Å². The molecule has 4 heteroatoms. The molecule has 0 bridgehead atoms. The van der Waals surface area contributed by atoms with E-state index in [1.807, 2.05) is 0 Å². The highest BCUT2D eigenvalue weighted by atomic mass is 16.5. The predicted octanol–water partition coefficient (Wildman–Crippen LogP) is 2.80. The van der Waals surface area contributed by atoms with Crippen LogP contribution in [0.5, 0.6) is 0 Å². The van der Waals surface area contributed by atoms with Gasteiger partial charge in [-0.1, -0.05) is 13.8 Å². The van der Waals surface area contributed by atoms with Gasteiger partial charge in [-0.2, -0.15) is 5.10 Å². The summed E-state index contributed by atoms with van der Waals surface area (Å²) in [4.78, 5) is 0. The number of hydrogen-bond donors (Lipinski definition) is 1. The molecule has 0 saturated carbocycles. The largest absolute Gasteiger partial charge is 0.378 e. The van der Waals surface area contributed by atoms with Gasteiger partial charge in [0.05, 0.1) is 11.8 Å². The minimum absolute atomic E-state index is 0.364. The first kappa shape index (κ1) is 16.5. The van der Waals surface area contributed by atoms with Gasteiger partial charge in [-0.15, -0.1) is 0 Å². The lowest BCUT2D eigenvalue weighted by atomic mass is 9.90. The van der Waals surface area contributed by atoms with Crippen LogP contribution in [0.1, 0.15) is 51.9 Å². The first-order valence-electron chi connectivity index (χ1n) is 8.60. The van der Waals surface area contributed by atoms with Crippen LogP contribution in [0.4, 0.5) is 0 Å². The van der Waals surface area contributed by atoms with Crippen LogP contribution in [0.25, 0.3) is 0 Å². The summed E-state index contributed by atoms with van der Waals surface area (Å²) in [5, 5.41) is 8.43. The van der Waals surface area contributed by atoms with Gasteiger partial charge in [-0.25, -0.2) is 0 Å². The van der Waals surface area contributed by atoms with Crippen LogP contribution < -0.4 is 5.32 Å². The molecule has 1 fully saturated rings. The van der Waals surface area contributed by atoms with Crippen LogP contribution in [0.2, 0.25) is 0 Å². The Morgan fingerprint density at radius 1 is 1.43 bits per heavy atom. The number of hydrogen-bond acceptors (Lipinski definition) is 3. The molecule has 1 aliphatic heterocycles. The van der Waals surface area contributed by atoms with Crippen molar-refractivity contribution in [1.29, 1.82) is 0 Å². The van der Waals surface area contributed by atoms with Crippen molar-refractivity contribution in [2.24, 2.45) is 5.92 Å². The molecule has 2 rings (SSSR count). The molecule has 1 aliphatic rings. The van der Waals surface area contributed by atoms with Gasteiger partial charge >= 0.3 is 0 Å². The van der Waals surface area contributed by atoms with Gasteiger partial charge < -0.3 is 10.1 Å². The van der Waals surface area contributed by atoms with Gasteiger partial charge in [0.2, 0.25) is 0 Å². The summed E-state index contributed by atoms with van der Waals surface area (Å²) >= 11 is 0. The number of nitrogens with zero attached hydrogens (tertiary/aromatic N) is 2. The molecule has 2 heterocycles. The Morgan fingerprint density at radius 3 is 2.81 bits per heavy atom. The third-order valence-electron chi connectivity index (χ3n) is 4.61. The van der Waals surface area contributed by atoms with E-state index in [1.165, 1.54) is 24.2 Å². The van der Waals surface area contributed by atoms with Crippen molar-refractivity contribution in [1.82, 2.24) is 15.1 Å². The first-order valence-corrected chi connectivity index (χ1v) is 8.60. The second-order valence-electron chi connectivity index (χ2n) is 6.09.